The van der Waals surface area contributed by atoms with Gasteiger partial charge in [0, 0.05) is 18.2 Å². The normalized spacial score (nSPS) is 15.4. The van der Waals surface area contributed by atoms with E-state index in [9.17, 15) is 9.59 Å². The molecule has 2 heterocycles. The Morgan fingerprint density at radius 3 is 1.69 bits per heavy atom. The maximum Gasteiger partial charge on any atom is 0.197 e. The van der Waals surface area contributed by atoms with Crippen molar-refractivity contribution in [1.82, 2.24) is 9.97 Å². The molecule has 0 saturated heterocycles. The van der Waals surface area contributed by atoms with Crippen LogP contribution in [-0.2, 0) is 0 Å². The van der Waals surface area contributed by atoms with Crippen LogP contribution in [0.2, 0.25) is 0 Å². The molecule has 224 valence electrons. The van der Waals surface area contributed by atoms with Gasteiger partial charge in [0.15, 0.2) is 23.2 Å². The number of Topliss-reactive ketones (excluding diaryl/α,β-unsaturated/α-hetero) is 2. The van der Waals surface area contributed by atoms with Gasteiger partial charge in [-0.2, -0.15) is 0 Å². The number of hydrogen-bond acceptors (Lipinski definition) is 6. The molecule has 6 heteroatoms. The fourth-order valence-corrected chi connectivity index (χ4v) is 6.53. The molecular formula is C39H36N4O2. The Kier molecular flexibility index (Phi) is 6.70. The number of carbonyl (C=O) groups is 2. The molecule has 0 radical (unpaired) electrons. The van der Waals surface area contributed by atoms with Crippen LogP contribution in [0.15, 0.2) is 90.3 Å². The van der Waals surface area contributed by atoms with Crippen LogP contribution in [0.25, 0.3) is 21.8 Å². The van der Waals surface area contributed by atoms with Gasteiger partial charge >= 0.3 is 0 Å². The molecule has 0 N–H and O–H groups in total. The van der Waals surface area contributed by atoms with Crippen molar-refractivity contribution in [3.05, 3.63) is 124 Å². The zero-order chi connectivity index (χ0) is 31.7. The van der Waals surface area contributed by atoms with E-state index in [2.05, 4.69) is 76.8 Å². The topological polar surface area (TPSA) is 66.4 Å². The molecular weight excluding hydrogens is 556 g/mol. The van der Waals surface area contributed by atoms with E-state index >= 15 is 0 Å². The van der Waals surface area contributed by atoms with E-state index in [-0.39, 0.29) is 29.0 Å². The Hall–Kier alpha value is -5.10. The van der Waals surface area contributed by atoms with Crippen LogP contribution >= 0.6 is 0 Å². The number of anilines is 3. The fraction of sp³-hybridized carbons (Fsp3) is 0.231. The number of aryl methyl sites for hydroxylation is 2. The van der Waals surface area contributed by atoms with Crippen molar-refractivity contribution in [3.8, 4) is 0 Å². The summed E-state index contributed by atoms with van der Waals surface area (Å²) in [5, 5.41) is 1.88. The fourth-order valence-electron chi connectivity index (χ4n) is 6.53. The zero-order valence-corrected chi connectivity index (χ0v) is 26.8. The Bertz CT molecular complexity index is 2070. The van der Waals surface area contributed by atoms with Crippen LogP contribution in [0.3, 0.4) is 0 Å². The third kappa shape index (κ3) is 4.47. The van der Waals surface area contributed by atoms with Crippen molar-refractivity contribution in [3.63, 3.8) is 0 Å². The van der Waals surface area contributed by atoms with Gasteiger partial charge in [0.05, 0.1) is 22.3 Å². The molecule has 6 nitrogen and oxygen atoms in total. The summed E-state index contributed by atoms with van der Waals surface area (Å²) in [4.78, 5) is 41.8. The molecule has 1 aromatic heterocycles. The second-order valence-electron chi connectivity index (χ2n) is 12.8. The number of rotatable bonds is 4. The Labute approximate surface area is 263 Å². The molecule has 0 saturated carbocycles. The highest BCUT2D eigenvalue weighted by atomic mass is 16.2. The van der Waals surface area contributed by atoms with Gasteiger partial charge in [-0.25, -0.2) is 9.97 Å². The van der Waals surface area contributed by atoms with Crippen LogP contribution in [0.5, 0.6) is 0 Å². The van der Waals surface area contributed by atoms with E-state index in [1.54, 1.807) is 6.08 Å². The van der Waals surface area contributed by atoms with Gasteiger partial charge in [-0.1, -0.05) is 70.2 Å². The number of hydrogen-bond donors (Lipinski definition) is 0. The summed E-state index contributed by atoms with van der Waals surface area (Å²) in [5.41, 5.74) is 8.49. The number of nitrogens with zero attached hydrogens (tertiary/aromatic N) is 4. The summed E-state index contributed by atoms with van der Waals surface area (Å²) in [6.45, 7) is 13.0. The lowest BCUT2D eigenvalue weighted by Crippen LogP contribution is -2.24. The minimum Gasteiger partial charge on any atom is -0.312 e. The second kappa shape index (κ2) is 10.5. The van der Waals surface area contributed by atoms with Crippen LogP contribution in [0.1, 0.15) is 82.5 Å². The predicted molar refractivity (Wildman–Crippen MR) is 183 cm³/mol. The van der Waals surface area contributed by atoms with Crippen molar-refractivity contribution in [1.29, 1.82) is 0 Å². The first kappa shape index (κ1) is 28.7. The highest BCUT2D eigenvalue weighted by Crippen LogP contribution is 2.48. The summed E-state index contributed by atoms with van der Waals surface area (Å²) in [6, 6.07) is 22.1. The SMILES string of the molecule is Cc1cc2nc3c(nc2cc1C)N(c1c(C(C)C)cccc1C(C)C)/C(=C/C=C1C(=O)c2cc4ccccc4cc2C1=O)N3C. The number of benzene rings is 4. The largest absolute Gasteiger partial charge is 0.312 e. The number of aromatic nitrogens is 2. The molecule has 0 atom stereocenters. The second-order valence-corrected chi connectivity index (χ2v) is 12.8. The lowest BCUT2D eigenvalue weighted by atomic mass is 9.92. The lowest BCUT2D eigenvalue weighted by molar-refractivity contribution is 0.0988. The molecule has 1 aliphatic heterocycles. The smallest absolute Gasteiger partial charge is 0.197 e. The van der Waals surface area contributed by atoms with Crippen molar-refractivity contribution in [2.75, 3.05) is 16.8 Å². The van der Waals surface area contributed by atoms with E-state index in [4.69, 9.17) is 9.97 Å². The van der Waals surface area contributed by atoms with E-state index in [1.165, 1.54) is 11.1 Å². The maximum absolute atomic E-state index is 13.6. The molecule has 45 heavy (non-hydrogen) atoms. The molecule has 7 rings (SSSR count). The molecule has 2 aliphatic rings. The Balaban J connectivity index is 1.45. The van der Waals surface area contributed by atoms with Gasteiger partial charge in [-0.3, -0.25) is 14.5 Å². The average molecular weight is 593 g/mol. The monoisotopic (exact) mass is 592 g/mol. The summed E-state index contributed by atoms with van der Waals surface area (Å²) >= 11 is 0. The van der Waals surface area contributed by atoms with Gasteiger partial charge in [0.2, 0.25) is 0 Å². The standard InChI is InChI=1S/C39H36N4O2/c1-21(2)27-13-10-14-28(22(3)4)35(27)43-34(42(7)38-39(43)41-33-18-24(6)23(5)17-32(33)40-38)16-15-29-36(44)30-19-25-11-8-9-12-26(25)20-31(30)37(29)45/h8-22H,1-7H3/b34-16+. The number of para-hydroxylation sites is 1. The van der Waals surface area contributed by atoms with Crippen LogP contribution < -0.4 is 9.80 Å². The first-order valence-electron chi connectivity index (χ1n) is 15.5. The maximum atomic E-state index is 13.6. The van der Waals surface area contributed by atoms with E-state index in [0.29, 0.717) is 11.1 Å². The van der Waals surface area contributed by atoms with E-state index < -0.39 is 0 Å². The molecule has 0 bridgehead atoms. The molecule has 0 fully saturated rings. The molecule has 0 spiro atoms. The van der Waals surface area contributed by atoms with Crippen molar-refractivity contribution >= 4 is 50.7 Å². The molecule has 4 aromatic carbocycles. The third-order valence-corrected chi connectivity index (χ3v) is 9.18. The molecule has 0 amide bonds. The minimum atomic E-state index is -0.249. The van der Waals surface area contributed by atoms with E-state index in [0.717, 1.165) is 56.1 Å². The predicted octanol–water partition coefficient (Wildman–Crippen LogP) is 9.08. The first-order valence-corrected chi connectivity index (χ1v) is 15.5. The van der Waals surface area contributed by atoms with Crippen molar-refractivity contribution < 1.29 is 9.59 Å². The summed E-state index contributed by atoms with van der Waals surface area (Å²) < 4.78 is 0. The Morgan fingerprint density at radius 1 is 0.667 bits per heavy atom. The van der Waals surface area contributed by atoms with Gasteiger partial charge < -0.3 is 4.90 Å². The van der Waals surface area contributed by atoms with E-state index in [1.807, 2.05) is 54.4 Å². The van der Waals surface area contributed by atoms with Gasteiger partial charge in [-0.05, 0) is 95.1 Å². The first-order chi connectivity index (χ1) is 21.5. The number of fused-ring (bicyclic) bond motifs is 4. The van der Waals surface area contributed by atoms with Crippen LogP contribution in [-0.4, -0.2) is 28.6 Å². The molecule has 0 unspecified atom stereocenters. The Morgan fingerprint density at radius 2 is 1.18 bits per heavy atom. The quantitative estimate of drug-likeness (QED) is 0.153. The number of allylic oxidation sites excluding steroid dienone is 3. The van der Waals surface area contributed by atoms with Gasteiger partial charge in [0.1, 0.15) is 5.82 Å². The van der Waals surface area contributed by atoms with Gasteiger partial charge in [0.25, 0.3) is 0 Å². The summed E-state index contributed by atoms with van der Waals surface area (Å²) in [6.07, 6.45) is 3.56. The van der Waals surface area contributed by atoms with Crippen LogP contribution in [0.4, 0.5) is 17.3 Å². The highest BCUT2D eigenvalue weighted by Gasteiger charge is 2.38. The zero-order valence-electron chi connectivity index (χ0n) is 26.8. The van der Waals surface area contributed by atoms with Crippen molar-refractivity contribution in [2.45, 2.75) is 53.4 Å². The van der Waals surface area contributed by atoms with Crippen molar-refractivity contribution in [2.24, 2.45) is 0 Å². The molecule has 1 aliphatic carbocycles. The third-order valence-electron chi connectivity index (χ3n) is 9.18. The highest BCUT2D eigenvalue weighted by molar-refractivity contribution is 6.40. The minimum absolute atomic E-state index is 0.163. The number of ketones is 2. The van der Waals surface area contributed by atoms with Gasteiger partial charge in [-0.15, -0.1) is 0 Å². The lowest BCUT2D eigenvalue weighted by Gasteiger charge is -2.29. The van der Waals surface area contributed by atoms with Crippen LogP contribution in [0, 0.1) is 13.8 Å². The molecule has 5 aromatic rings. The summed E-state index contributed by atoms with van der Waals surface area (Å²) in [5.74, 6) is 2.22. The summed E-state index contributed by atoms with van der Waals surface area (Å²) in [7, 11) is 1.97. The average Bonchev–Trinajstić information content (AvgIpc) is 3.41. The number of carbonyl (C=O) groups excluding carboxylic acids is 2.